The lowest BCUT2D eigenvalue weighted by Gasteiger charge is -2.28. The first kappa shape index (κ1) is 39.4. The van der Waals surface area contributed by atoms with Gasteiger partial charge in [0, 0.05) is 44.3 Å². The number of pyridine rings is 1. The number of anilines is 1. The molecule has 5 rings (SSSR count). The van der Waals surface area contributed by atoms with Gasteiger partial charge in [-0.1, -0.05) is 66.7 Å². The minimum Gasteiger partial charge on any atom is -0.444 e. The van der Waals surface area contributed by atoms with Gasteiger partial charge >= 0.3 is 24.5 Å². The maximum absolute atomic E-state index is 13.4. The largest absolute Gasteiger partial charge is 0.444 e. The van der Waals surface area contributed by atoms with Gasteiger partial charge in [0.15, 0.2) is 0 Å². The van der Waals surface area contributed by atoms with E-state index in [1.807, 2.05) is 54.6 Å². The molecule has 0 radical (unpaired) electrons. The summed E-state index contributed by atoms with van der Waals surface area (Å²) in [6.07, 6.45) is -6.32. The van der Waals surface area contributed by atoms with Gasteiger partial charge in [-0.3, -0.25) is 9.88 Å². The van der Waals surface area contributed by atoms with E-state index in [0.29, 0.717) is 5.56 Å². The van der Waals surface area contributed by atoms with Crippen LogP contribution in [-0.2, 0) is 43.3 Å². The van der Waals surface area contributed by atoms with Crippen molar-refractivity contribution in [1.82, 2.24) is 14.8 Å². The number of aromatic nitrogens is 1. The summed E-state index contributed by atoms with van der Waals surface area (Å²) in [7, 11) is 0. The molecule has 0 aliphatic carbocycles. The molecule has 1 aromatic heterocycles. The number of hydrogen-bond donors (Lipinski definition) is 1. The highest BCUT2D eigenvalue weighted by atomic mass is 19.4. The van der Waals surface area contributed by atoms with Gasteiger partial charge in [0.2, 0.25) is 0 Å². The third kappa shape index (κ3) is 11.3. The standard InChI is InChI=1S/C41H38F6N4O3/c1-39(2,3)54-38(53)51(26-30-10-16-34(17-11-30)40(42,43)44)25-29-8-14-33(15-9-29)32-12-6-28(7-13-32)24-50(27-31-5-4-22-48-23-31)37(52)49-36-20-18-35(19-21-36)41(45,46)47/h4-23H,24-27H2,1-3H3,(H,49,52). The van der Waals surface area contributed by atoms with Crippen molar-refractivity contribution in [3.8, 4) is 11.1 Å². The number of alkyl halides is 6. The van der Waals surface area contributed by atoms with Crippen LogP contribution in [0.25, 0.3) is 11.1 Å². The van der Waals surface area contributed by atoms with Crippen molar-refractivity contribution in [1.29, 1.82) is 0 Å². The first-order valence-corrected chi connectivity index (χ1v) is 16.9. The van der Waals surface area contributed by atoms with Crippen LogP contribution < -0.4 is 5.32 Å². The summed E-state index contributed by atoms with van der Waals surface area (Å²) in [5.74, 6) is 0. The van der Waals surface area contributed by atoms with Gasteiger partial charge in [-0.2, -0.15) is 26.3 Å². The minimum atomic E-state index is -4.49. The number of urea groups is 1. The van der Waals surface area contributed by atoms with E-state index in [1.54, 1.807) is 39.2 Å². The highest BCUT2D eigenvalue weighted by Gasteiger charge is 2.31. The SMILES string of the molecule is CC(C)(C)OC(=O)N(Cc1ccc(-c2ccc(CN(Cc3cccnc3)C(=O)Nc3ccc(C(F)(F)F)cc3)cc2)cc1)Cc1ccc(C(F)(F)F)cc1. The normalized spacial score (nSPS) is 11.9. The van der Waals surface area contributed by atoms with Gasteiger partial charge in [-0.25, -0.2) is 9.59 Å². The number of benzene rings is 4. The van der Waals surface area contributed by atoms with Gasteiger partial charge < -0.3 is 15.0 Å². The van der Waals surface area contributed by atoms with Gasteiger partial charge in [-0.05, 0) is 96.6 Å². The predicted molar refractivity (Wildman–Crippen MR) is 193 cm³/mol. The van der Waals surface area contributed by atoms with Crippen molar-refractivity contribution in [3.63, 3.8) is 0 Å². The van der Waals surface area contributed by atoms with Crippen molar-refractivity contribution in [2.75, 3.05) is 5.32 Å². The zero-order valence-electron chi connectivity index (χ0n) is 29.7. The molecular formula is C41H38F6N4O3. The number of rotatable bonds is 10. The molecule has 0 saturated carbocycles. The Morgan fingerprint density at radius 1 is 0.593 bits per heavy atom. The fraction of sp³-hybridized carbons (Fsp3) is 0.244. The second-order valence-corrected chi connectivity index (χ2v) is 13.6. The molecule has 0 aliphatic heterocycles. The molecule has 1 heterocycles. The monoisotopic (exact) mass is 748 g/mol. The maximum atomic E-state index is 13.4. The van der Waals surface area contributed by atoms with E-state index in [2.05, 4.69) is 10.3 Å². The van der Waals surface area contributed by atoms with Crippen molar-refractivity contribution in [2.45, 2.75) is 64.9 Å². The Balaban J connectivity index is 1.27. The van der Waals surface area contributed by atoms with E-state index in [1.165, 1.54) is 34.1 Å². The average molecular weight is 749 g/mol. The number of nitrogens with zero attached hydrogens (tertiary/aromatic N) is 3. The molecule has 54 heavy (non-hydrogen) atoms. The van der Waals surface area contributed by atoms with Crippen LogP contribution in [0.1, 0.15) is 54.2 Å². The van der Waals surface area contributed by atoms with E-state index >= 15 is 0 Å². The topological polar surface area (TPSA) is 74.8 Å². The molecule has 0 spiro atoms. The Morgan fingerprint density at radius 2 is 1.02 bits per heavy atom. The number of ether oxygens (including phenoxy) is 1. The average Bonchev–Trinajstić information content (AvgIpc) is 3.11. The molecule has 282 valence electrons. The van der Waals surface area contributed by atoms with Crippen LogP contribution in [0, 0.1) is 0 Å². The van der Waals surface area contributed by atoms with Crippen molar-refractivity contribution in [3.05, 3.63) is 155 Å². The van der Waals surface area contributed by atoms with Crippen molar-refractivity contribution < 1.29 is 40.7 Å². The second-order valence-electron chi connectivity index (χ2n) is 13.6. The van der Waals surface area contributed by atoms with Gasteiger partial charge in [0.05, 0.1) is 11.1 Å². The van der Waals surface area contributed by atoms with Crippen LogP contribution in [0.3, 0.4) is 0 Å². The fourth-order valence-corrected chi connectivity index (χ4v) is 5.43. The number of hydrogen-bond acceptors (Lipinski definition) is 4. The molecule has 13 heteroatoms. The molecule has 4 aromatic carbocycles. The van der Waals surface area contributed by atoms with Crippen LogP contribution in [-0.4, -0.2) is 32.5 Å². The Morgan fingerprint density at radius 3 is 1.44 bits per heavy atom. The lowest BCUT2D eigenvalue weighted by Crippen LogP contribution is -2.36. The molecule has 7 nitrogen and oxygen atoms in total. The molecule has 5 aromatic rings. The van der Waals surface area contributed by atoms with Crippen LogP contribution in [0.15, 0.2) is 122 Å². The Hall–Kier alpha value is -5.85. The van der Waals surface area contributed by atoms with E-state index in [9.17, 15) is 35.9 Å². The zero-order valence-corrected chi connectivity index (χ0v) is 29.7. The second kappa shape index (κ2) is 16.4. The van der Waals surface area contributed by atoms with Crippen LogP contribution >= 0.6 is 0 Å². The lowest BCUT2D eigenvalue weighted by molar-refractivity contribution is -0.138. The van der Waals surface area contributed by atoms with Crippen molar-refractivity contribution >= 4 is 17.8 Å². The smallest absolute Gasteiger partial charge is 0.416 e. The van der Waals surface area contributed by atoms with Crippen molar-refractivity contribution in [2.24, 2.45) is 0 Å². The first-order chi connectivity index (χ1) is 25.4. The highest BCUT2D eigenvalue weighted by molar-refractivity contribution is 5.89. The fourth-order valence-electron chi connectivity index (χ4n) is 5.43. The van der Waals surface area contributed by atoms with E-state index < -0.39 is 41.2 Å². The molecule has 0 fully saturated rings. The Kier molecular flexibility index (Phi) is 12.0. The van der Waals surface area contributed by atoms with Crippen LogP contribution in [0.4, 0.5) is 41.6 Å². The van der Waals surface area contributed by atoms with Gasteiger partial charge in [0.1, 0.15) is 5.60 Å². The predicted octanol–water partition coefficient (Wildman–Crippen LogP) is 11.0. The Bertz CT molecular complexity index is 1990. The summed E-state index contributed by atoms with van der Waals surface area (Å²) in [6.45, 7) is 5.78. The number of carbonyl (C=O) groups is 2. The molecule has 1 N–H and O–H groups in total. The summed E-state index contributed by atoms with van der Waals surface area (Å²) in [5, 5.41) is 2.68. The number of amides is 3. The summed E-state index contributed by atoms with van der Waals surface area (Å²) in [5.41, 5.74) is 2.47. The molecule has 0 saturated heterocycles. The van der Waals surface area contributed by atoms with E-state index in [4.69, 9.17) is 4.74 Å². The lowest BCUT2D eigenvalue weighted by atomic mass is 10.0. The Labute approximate surface area is 309 Å². The molecule has 0 unspecified atom stereocenters. The third-order valence-corrected chi connectivity index (χ3v) is 8.14. The summed E-state index contributed by atoms with van der Waals surface area (Å²) >= 11 is 0. The summed E-state index contributed by atoms with van der Waals surface area (Å²) in [4.78, 5) is 33.6. The third-order valence-electron chi connectivity index (χ3n) is 8.14. The molecule has 3 amide bonds. The van der Waals surface area contributed by atoms with Gasteiger partial charge in [0.25, 0.3) is 0 Å². The molecule has 0 aliphatic rings. The number of carbonyl (C=O) groups excluding carboxylic acids is 2. The highest BCUT2D eigenvalue weighted by Crippen LogP contribution is 2.31. The van der Waals surface area contributed by atoms with Crippen LogP contribution in [0.5, 0.6) is 0 Å². The van der Waals surface area contributed by atoms with Crippen LogP contribution in [0.2, 0.25) is 0 Å². The quantitative estimate of drug-likeness (QED) is 0.144. The summed E-state index contributed by atoms with van der Waals surface area (Å²) < 4.78 is 83.9. The number of nitrogens with one attached hydrogen (secondary N) is 1. The maximum Gasteiger partial charge on any atom is 0.416 e. The van der Waals surface area contributed by atoms with E-state index in [0.717, 1.165) is 52.1 Å². The minimum absolute atomic E-state index is 0.0381. The zero-order chi connectivity index (χ0) is 39.1. The molecule has 0 bridgehead atoms. The van der Waals surface area contributed by atoms with E-state index in [-0.39, 0.29) is 31.9 Å². The molecule has 0 atom stereocenters. The van der Waals surface area contributed by atoms with Gasteiger partial charge in [-0.15, -0.1) is 0 Å². The summed E-state index contributed by atoms with van der Waals surface area (Å²) in [6, 6.07) is 27.0. The number of halogens is 6. The molecular weight excluding hydrogens is 710 g/mol. The first-order valence-electron chi connectivity index (χ1n) is 16.9.